The Morgan fingerprint density at radius 1 is 0.328 bits per heavy atom. The van der Waals surface area contributed by atoms with E-state index >= 15 is 0 Å². The summed E-state index contributed by atoms with van der Waals surface area (Å²) in [5.74, 6) is 1.91. The summed E-state index contributed by atoms with van der Waals surface area (Å²) in [5.41, 5.74) is 15.4. The number of benzene rings is 9. The third-order valence-corrected chi connectivity index (χ3v) is 14.2. The lowest BCUT2D eigenvalue weighted by atomic mass is 9.67. The zero-order chi connectivity index (χ0) is 42.2. The van der Waals surface area contributed by atoms with E-state index in [1.165, 1.54) is 48.6 Å². The van der Waals surface area contributed by atoms with Gasteiger partial charge in [0.15, 0.2) is 17.5 Å². The van der Waals surface area contributed by atoms with Gasteiger partial charge in [0.2, 0.25) is 0 Å². The molecule has 0 saturated heterocycles. The van der Waals surface area contributed by atoms with E-state index in [0.717, 1.165) is 55.4 Å². The highest BCUT2D eigenvalue weighted by molar-refractivity contribution is 7.99. The van der Waals surface area contributed by atoms with Gasteiger partial charge in [-0.2, -0.15) is 0 Å². The number of hydrogen-bond donors (Lipinski definition) is 0. The summed E-state index contributed by atoms with van der Waals surface area (Å²) in [4.78, 5) is 23.1. The molecule has 3 heterocycles. The van der Waals surface area contributed by atoms with Crippen molar-refractivity contribution in [1.29, 1.82) is 0 Å². The molecule has 1 aliphatic carbocycles. The van der Waals surface area contributed by atoms with Gasteiger partial charge in [-0.15, -0.1) is 0 Å². The highest BCUT2D eigenvalue weighted by Crippen LogP contribution is 2.63. The molecule has 298 valence electrons. The number of aromatic nitrogens is 4. The lowest BCUT2D eigenvalue weighted by molar-refractivity contribution is 0.726. The molecule has 0 bridgehead atoms. The van der Waals surface area contributed by atoms with Crippen molar-refractivity contribution in [3.05, 3.63) is 241 Å². The first-order chi connectivity index (χ1) is 31.7. The van der Waals surface area contributed by atoms with Crippen molar-refractivity contribution in [2.24, 2.45) is 0 Å². The summed E-state index contributed by atoms with van der Waals surface area (Å²) >= 11 is 1.89. The molecule has 5 heteroatoms. The quantitative estimate of drug-likeness (QED) is 0.162. The predicted molar refractivity (Wildman–Crippen MR) is 261 cm³/mol. The fourth-order valence-corrected chi connectivity index (χ4v) is 11.5. The van der Waals surface area contributed by atoms with Crippen LogP contribution >= 0.6 is 11.8 Å². The number of fused-ring (bicyclic) bond motifs is 13. The van der Waals surface area contributed by atoms with E-state index < -0.39 is 5.41 Å². The van der Waals surface area contributed by atoms with Gasteiger partial charge in [-0.1, -0.05) is 206 Å². The SMILES string of the molecule is c1ccc(-c2nc(-c3ccccc3)nc(-c3cccc(-c4ccc5nc(-c6ccccc6)c6ccc7c(c6c5c4)Sc4ccccc4C74c5ccccc5-c5ccccc54)c3)n2)cc1. The molecule has 11 aromatic rings. The first-order valence-electron chi connectivity index (χ1n) is 21.6. The Bertz CT molecular complexity index is 3540. The zero-order valence-corrected chi connectivity index (χ0v) is 35.3. The molecule has 2 aromatic heterocycles. The average molecular weight is 833 g/mol. The smallest absolute Gasteiger partial charge is 0.164 e. The molecule has 0 unspecified atom stereocenters. The molecule has 4 nitrogen and oxygen atoms in total. The minimum absolute atomic E-state index is 0.491. The molecule has 13 rings (SSSR count). The molecular formula is C59H36N4S. The molecule has 1 spiro atoms. The van der Waals surface area contributed by atoms with Gasteiger partial charge in [0.1, 0.15) is 0 Å². The number of pyridine rings is 1. The minimum Gasteiger partial charge on any atom is -0.247 e. The topological polar surface area (TPSA) is 51.6 Å². The molecule has 0 atom stereocenters. The number of nitrogens with zero attached hydrogens (tertiary/aromatic N) is 4. The molecule has 0 radical (unpaired) electrons. The average Bonchev–Trinajstić information content (AvgIpc) is 3.67. The molecule has 0 N–H and O–H groups in total. The molecule has 1 aliphatic heterocycles. The fourth-order valence-electron chi connectivity index (χ4n) is 10.2. The summed E-state index contributed by atoms with van der Waals surface area (Å²) in [7, 11) is 0. The number of rotatable bonds is 5. The Kier molecular flexibility index (Phi) is 8.33. The van der Waals surface area contributed by atoms with Gasteiger partial charge in [0, 0.05) is 48.2 Å². The first-order valence-corrected chi connectivity index (χ1v) is 22.4. The van der Waals surface area contributed by atoms with Crippen LogP contribution in [0.3, 0.4) is 0 Å². The summed E-state index contributed by atoms with van der Waals surface area (Å²) in [6.45, 7) is 0. The maximum absolute atomic E-state index is 5.47. The largest absolute Gasteiger partial charge is 0.247 e. The predicted octanol–water partition coefficient (Wildman–Crippen LogP) is 14.7. The maximum atomic E-state index is 5.47. The van der Waals surface area contributed by atoms with Crippen LogP contribution in [-0.2, 0) is 5.41 Å². The Balaban J connectivity index is 1.05. The highest BCUT2D eigenvalue weighted by Gasteiger charge is 2.50. The first kappa shape index (κ1) is 36.6. The van der Waals surface area contributed by atoms with Crippen molar-refractivity contribution in [2.75, 3.05) is 0 Å². The molecule has 0 amide bonds. The summed E-state index contributed by atoms with van der Waals surface area (Å²) in [6.07, 6.45) is 0. The fraction of sp³-hybridized carbons (Fsp3) is 0.0169. The van der Waals surface area contributed by atoms with Crippen LogP contribution in [0.5, 0.6) is 0 Å². The summed E-state index contributed by atoms with van der Waals surface area (Å²) < 4.78 is 0. The van der Waals surface area contributed by atoms with Crippen LogP contribution < -0.4 is 0 Å². The Morgan fingerprint density at radius 2 is 0.844 bits per heavy atom. The van der Waals surface area contributed by atoms with Crippen LogP contribution in [0.2, 0.25) is 0 Å². The molecule has 9 aromatic carbocycles. The lowest BCUT2D eigenvalue weighted by Crippen LogP contribution is -2.32. The molecule has 64 heavy (non-hydrogen) atoms. The zero-order valence-electron chi connectivity index (χ0n) is 34.5. The van der Waals surface area contributed by atoms with Crippen LogP contribution in [-0.4, -0.2) is 19.9 Å². The van der Waals surface area contributed by atoms with Crippen molar-refractivity contribution in [3.8, 4) is 67.7 Å². The van der Waals surface area contributed by atoms with Gasteiger partial charge in [-0.05, 0) is 68.8 Å². The van der Waals surface area contributed by atoms with Gasteiger partial charge in [-0.25, -0.2) is 19.9 Å². The van der Waals surface area contributed by atoms with Crippen LogP contribution in [0, 0.1) is 0 Å². The van der Waals surface area contributed by atoms with Crippen LogP contribution in [0.1, 0.15) is 22.3 Å². The second-order valence-electron chi connectivity index (χ2n) is 16.5. The Labute approximate surface area is 375 Å². The lowest BCUT2D eigenvalue weighted by Gasteiger charge is -2.40. The van der Waals surface area contributed by atoms with Gasteiger partial charge in [-0.3, -0.25) is 0 Å². The van der Waals surface area contributed by atoms with Crippen molar-refractivity contribution in [1.82, 2.24) is 19.9 Å². The normalized spacial score (nSPS) is 13.1. The van der Waals surface area contributed by atoms with E-state index in [9.17, 15) is 0 Å². The molecular weight excluding hydrogens is 797 g/mol. The van der Waals surface area contributed by atoms with Crippen molar-refractivity contribution in [3.63, 3.8) is 0 Å². The van der Waals surface area contributed by atoms with E-state index in [1.807, 2.05) is 72.4 Å². The van der Waals surface area contributed by atoms with Crippen LogP contribution in [0.25, 0.3) is 89.4 Å². The van der Waals surface area contributed by atoms with Gasteiger partial charge >= 0.3 is 0 Å². The molecule has 2 aliphatic rings. The molecule has 0 saturated carbocycles. The monoisotopic (exact) mass is 832 g/mol. The summed E-state index contributed by atoms with van der Waals surface area (Å²) in [6, 6.07) is 78.0. The van der Waals surface area contributed by atoms with Crippen LogP contribution in [0.15, 0.2) is 228 Å². The van der Waals surface area contributed by atoms with Crippen LogP contribution in [0.4, 0.5) is 0 Å². The van der Waals surface area contributed by atoms with Gasteiger partial charge in [0.05, 0.1) is 16.6 Å². The van der Waals surface area contributed by atoms with E-state index in [-0.39, 0.29) is 0 Å². The van der Waals surface area contributed by atoms with Crippen molar-refractivity contribution < 1.29 is 0 Å². The maximum Gasteiger partial charge on any atom is 0.164 e. The van der Waals surface area contributed by atoms with Crippen molar-refractivity contribution >= 4 is 33.4 Å². The second kappa shape index (κ2) is 14.6. The van der Waals surface area contributed by atoms with Crippen molar-refractivity contribution in [2.45, 2.75) is 15.2 Å². The van der Waals surface area contributed by atoms with E-state index in [0.29, 0.717) is 17.5 Å². The molecule has 0 fully saturated rings. The second-order valence-corrected chi connectivity index (χ2v) is 17.5. The highest BCUT2D eigenvalue weighted by atomic mass is 32.2. The van der Waals surface area contributed by atoms with E-state index in [1.54, 1.807) is 0 Å². The minimum atomic E-state index is -0.491. The number of hydrogen-bond acceptors (Lipinski definition) is 5. The van der Waals surface area contributed by atoms with Gasteiger partial charge < -0.3 is 0 Å². The van der Waals surface area contributed by atoms with Gasteiger partial charge in [0.25, 0.3) is 0 Å². The standard InChI is InChI=1S/C59H36N4S/c1-4-17-37(18-5-1)54-45-32-33-50-55(64-52-30-15-14-29-49(52)59(50)47-27-12-10-25-43(47)44-26-11-13-28-48(44)59)53(45)46-36-41(31-34-51(46)60-54)40-23-16-24-42(35-40)58-62-56(38-19-6-2-7-20-38)61-57(63-58)39-21-8-3-9-22-39/h1-36H. The third-order valence-electron chi connectivity index (χ3n) is 13.0. The summed E-state index contributed by atoms with van der Waals surface area (Å²) in [5, 5.41) is 3.48. The third kappa shape index (κ3) is 5.57. The van der Waals surface area contributed by atoms with E-state index in [2.05, 4.69) is 158 Å². The Morgan fingerprint density at radius 3 is 1.50 bits per heavy atom. The Hall–Kier alpha value is -7.99. The van der Waals surface area contributed by atoms with E-state index in [4.69, 9.17) is 19.9 Å².